The van der Waals surface area contributed by atoms with Crippen LogP contribution in [0.25, 0.3) is 0 Å². The van der Waals surface area contributed by atoms with Gasteiger partial charge in [0, 0.05) is 24.0 Å². The molecule has 0 aliphatic carbocycles. The molecule has 2 rings (SSSR count). The first-order chi connectivity index (χ1) is 9.79. The fraction of sp³-hybridized carbons (Fsp3) is 0.765. The number of nitrogens with one attached hydrogen (secondary N) is 1. The summed E-state index contributed by atoms with van der Waals surface area (Å²) < 4.78 is 0. The number of hydrogen-bond acceptors (Lipinski definition) is 3. The van der Waals surface area contributed by atoms with Crippen LogP contribution in [0.4, 0.5) is 0 Å². The van der Waals surface area contributed by atoms with Gasteiger partial charge in [-0.2, -0.15) is 0 Å². The van der Waals surface area contributed by atoms with Gasteiger partial charge in [-0.3, -0.25) is 4.90 Å². The van der Waals surface area contributed by atoms with E-state index >= 15 is 0 Å². The Kier molecular flexibility index (Phi) is 7.05. The summed E-state index contributed by atoms with van der Waals surface area (Å²) in [5.74, 6) is 0.983. The molecule has 1 aliphatic rings. The summed E-state index contributed by atoms with van der Waals surface area (Å²) in [5, 5.41) is 5.77. The molecular formula is C17H30N2S. The van der Waals surface area contributed by atoms with E-state index in [9.17, 15) is 0 Å². The maximum Gasteiger partial charge on any atom is 0.0300 e. The summed E-state index contributed by atoms with van der Waals surface area (Å²) in [6, 6.07) is 5.01. The molecule has 2 heterocycles. The molecule has 20 heavy (non-hydrogen) atoms. The van der Waals surface area contributed by atoms with Crippen LogP contribution in [0.1, 0.15) is 50.8 Å². The van der Waals surface area contributed by atoms with Gasteiger partial charge in [0.15, 0.2) is 0 Å². The summed E-state index contributed by atoms with van der Waals surface area (Å²) in [5.41, 5.74) is 0. The summed E-state index contributed by atoms with van der Waals surface area (Å²) in [6.45, 7) is 9.42. The Bertz CT molecular complexity index is 350. The van der Waals surface area contributed by atoms with Gasteiger partial charge < -0.3 is 5.32 Å². The van der Waals surface area contributed by atoms with E-state index in [0.29, 0.717) is 6.04 Å². The van der Waals surface area contributed by atoms with Crippen LogP contribution >= 0.6 is 11.3 Å². The summed E-state index contributed by atoms with van der Waals surface area (Å²) in [4.78, 5) is 4.13. The molecule has 2 nitrogen and oxygen atoms in total. The Labute approximate surface area is 128 Å². The maximum atomic E-state index is 3.61. The molecule has 1 fully saturated rings. The Balaban J connectivity index is 1.67. The molecule has 1 N–H and O–H groups in total. The van der Waals surface area contributed by atoms with Crippen LogP contribution < -0.4 is 5.32 Å². The minimum atomic E-state index is 0.662. The van der Waals surface area contributed by atoms with Crippen molar-refractivity contribution in [3.05, 3.63) is 22.4 Å². The van der Waals surface area contributed by atoms with Gasteiger partial charge in [0.05, 0.1) is 0 Å². The van der Waals surface area contributed by atoms with Crippen LogP contribution in [0.2, 0.25) is 0 Å². The topological polar surface area (TPSA) is 15.3 Å². The molecule has 1 aromatic heterocycles. The second-order valence-electron chi connectivity index (χ2n) is 6.18. The molecular weight excluding hydrogens is 264 g/mol. The highest BCUT2D eigenvalue weighted by molar-refractivity contribution is 7.09. The predicted molar refractivity (Wildman–Crippen MR) is 89.3 cm³/mol. The number of likely N-dealkylation sites (tertiary alicyclic amines) is 1. The third-order valence-corrected chi connectivity index (χ3v) is 5.40. The highest BCUT2D eigenvalue weighted by Gasteiger charge is 2.19. The number of thiophene rings is 1. The van der Waals surface area contributed by atoms with E-state index in [2.05, 4.69) is 41.6 Å². The lowest BCUT2D eigenvalue weighted by molar-refractivity contribution is 0.209. The molecule has 1 aromatic rings. The van der Waals surface area contributed by atoms with Crippen molar-refractivity contribution in [3.63, 3.8) is 0 Å². The number of rotatable bonds is 7. The average Bonchev–Trinajstić information content (AvgIpc) is 2.84. The Morgan fingerprint density at radius 3 is 3.05 bits per heavy atom. The van der Waals surface area contributed by atoms with E-state index in [0.717, 1.165) is 19.0 Å². The van der Waals surface area contributed by atoms with Crippen LogP contribution in [0.15, 0.2) is 17.5 Å². The zero-order chi connectivity index (χ0) is 14.2. The third-order valence-electron chi connectivity index (χ3n) is 4.52. The molecule has 3 heteroatoms. The summed E-state index contributed by atoms with van der Waals surface area (Å²) in [6.07, 6.45) is 7.02. The standard InChI is InChI=1S/C17H30N2S/c1-3-6-16-7-4-10-19(11-9-16)15(2)13-18-14-17-8-5-12-20-17/h5,8,12,15-16,18H,3-4,6-7,9-11,13-14H2,1-2H3. The molecule has 2 unspecified atom stereocenters. The van der Waals surface area contributed by atoms with Crippen LogP contribution in [0, 0.1) is 5.92 Å². The third kappa shape index (κ3) is 5.19. The highest BCUT2D eigenvalue weighted by Crippen LogP contribution is 2.22. The van der Waals surface area contributed by atoms with Gasteiger partial charge in [0.25, 0.3) is 0 Å². The van der Waals surface area contributed by atoms with E-state index in [1.54, 1.807) is 0 Å². The molecule has 0 bridgehead atoms. The predicted octanol–water partition coefficient (Wildman–Crippen LogP) is 4.13. The fourth-order valence-electron chi connectivity index (χ4n) is 3.27. The minimum Gasteiger partial charge on any atom is -0.310 e. The molecule has 0 aromatic carbocycles. The minimum absolute atomic E-state index is 0.662. The van der Waals surface area contributed by atoms with Crippen LogP contribution in [0.5, 0.6) is 0 Å². The van der Waals surface area contributed by atoms with Gasteiger partial charge in [-0.25, -0.2) is 0 Å². The van der Waals surface area contributed by atoms with Gasteiger partial charge in [0.2, 0.25) is 0 Å². The van der Waals surface area contributed by atoms with Gasteiger partial charge in [-0.1, -0.05) is 25.8 Å². The SMILES string of the molecule is CCCC1CCCN(C(C)CNCc2cccs2)CC1. The molecule has 0 spiro atoms. The Morgan fingerprint density at radius 1 is 1.40 bits per heavy atom. The van der Waals surface area contributed by atoms with Gasteiger partial charge in [-0.15, -0.1) is 11.3 Å². The van der Waals surface area contributed by atoms with Crippen molar-refractivity contribution in [1.82, 2.24) is 10.2 Å². The van der Waals surface area contributed by atoms with Crippen molar-refractivity contribution in [2.24, 2.45) is 5.92 Å². The van der Waals surface area contributed by atoms with Crippen molar-refractivity contribution in [1.29, 1.82) is 0 Å². The lowest BCUT2D eigenvalue weighted by Crippen LogP contribution is -2.40. The molecule has 114 valence electrons. The first-order valence-corrected chi connectivity index (χ1v) is 9.14. The van der Waals surface area contributed by atoms with Crippen molar-refractivity contribution >= 4 is 11.3 Å². The molecule has 1 aliphatic heterocycles. The van der Waals surface area contributed by atoms with Crippen LogP contribution in [-0.4, -0.2) is 30.6 Å². The number of nitrogens with zero attached hydrogens (tertiary/aromatic N) is 1. The zero-order valence-corrected chi connectivity index (χ0v) is 13.9. The van der Waals surface area contributed by atoms with Crippen molar-refractivity contribution in [2.45, 2.75) is 58.5 Å². The highest BCUT2D eigenvalue weighted by atomic mass is 32.1. The fourth-order valence-corrected chi connectivity index (χ4v) is 3.95. The van der Waals surface area contributed by atoms with Crippen LogP contribution in [-0.2, 0) is 6.54 Å². The first-order valence-electron chi connectivity index (χ1n) is 8.26. The van der Waals surface area contributed by atoms with E-state index in [1.807, 2.05) is 11.3 Å². The number of hydrogen-bond donors (Lipinski definition) is 1. The van der Waals surface area contributed by atoms with Crippen molar-refractivity contribution in [3.8, 4) is 0 Å². The maximum absolute atomic E-state index is 3.61. The second kappa shape index (κ2) is 8.81. The zero-order valence-electron chi connectivity index (χ0n) is 13.1. The van der Waals surface area contributed by atoms with E-state index in [1.165, 1.54) is 50.1 Å². The monoisotopic (exact) mass is 294 g/mol. The van der Waals surface area contributed by atoms with Gasteiger partial charge in [-0.05, 0) is 56.6 Å². The molecule has 0 saturated carbocycles. The summed E-state index contributed by atoms with van der Waals surface area (Å²) in [7, 11) is 0. The van der Waals surface area contributed by atoms with E-state index in [4.69, 9.17) is 0 Å². The van der Waals surface area contributed by atoms with Crippen molar-refractivity contribution in [2.75, 3.05) is 19.6 Å². The summed E-state index contributed by atoms with van der Waals surface area (Å²) >= 11 is 1.84. The lowest BCUT2D eigenvalue weighted by Gasteiger charge is -2.28. The normalized spacial score (nSPS) is 22.6. The van der Waals surface area contributed by atoms with E-state index in [-0.39, 0.29) is 0 Å². The first kappa shape index (κ1) is 16.0. The lowest BCUT2D eigenvalue weighted by atomic mass is 9.96. The largest absolute Gasteiger partial charge is 0.310 e. The molecule has 2 atom stereocenters. The van der Waals surface area contributed by atoms with Crippen molar-refractivity contribution < 1.29 is 0 Å². The van der Waals surface area contributed by atoms with Gasteiger partial charge >= 0.3 is 0 Å². The molecule has 0 radical (unpaired) electrons. The van der Waals surface area contributed by atoms with Gasteiger partial charge in [0.1, 0.15) is 0 Å². The molecule has 1 saturated heterocycles. The molecule has 0 amide bonds. The van der Waals surface area contributed by atoms with E-state index < -0.39 is 0 Å². The second-order valence-corrected chi connectivity index (χ2v) is 7.21. The Hall–Kier alpha value is -0.380. The van der Waals surface area contributed by atoms with Crippen LogP contribution in [0.3, 0.4) is 0 Å². The smallest absolute Gasteiger partial charge is 0.0300 e. The quantitative estimate of drug-likeness (QED) is 0.813. The Morgan fingerprint density at radius 2 is 2.30 bits per heavy atom. The average molecular weight is 295 g/mol.